The number of rotatable bonds is 6. The Morgan fingerprint density at radius 3 is 2.59 bits per heavy atom. The van der Waals surface area contributed by atoms with Gasteiger partial charge in [0.2, 0.25) is 5.91 Å². The van der Waals surface area contributed by atoms with E-state index in [4.69, 9.17) is 0 Å². The van der Waals surface area contributed by atoms with E-state index in [-0.39, 0.29) is 6.42 Å². The Balaban J connectivity index is 1.41. The minimum atomic E-state index is -1.05. The molecule has 2 heterocycles. The molecule has 0 unspecified atom stereocenters. The summed E-state index contributed by atoms with van der Waals surface area (Å²) in [5, 5.41) is 4.44. The fraction of sp³-hybridized carbons (Fsp3) is 0.227. The van der Waals surface area contributed by atoms with Crippen LogP contribution in [0.25, 0.3) is 10.9 Å². The first kappa shape index (κ1) is 18.7. The van der Waals surface area contributed by atoms with Gasteiger partial charge in [-0.3, -0.25) is 15.0 Å². The third-order valence-electron chi connectivity index (χ3n) is 5.28. The normalized spacial score (nSPS) is 18.9. The van der Waals surface area contributed by atoms with Crippen LogP contribution in [-0.4, -0.2) is 33.4 Å². The number of aromatic nitrogens is 1. The average Bonchev–Trinajstić information content (AvgIpc) is 3.22. The van der Waals surface area contributed by atoms with Gasteiger partial charge < -0.3 is 10.3 Å². The van der Waals surface area contributed by atoms with Crippen LogP contribution >= 0.6 is 0 Å². The number of hydrogen-bond acceptors (Lipinski definition) is 3. The van der Waals surface area contributed by atoms with Gasteiger partial charge in [0.1, 0.15) is 5.54 Å². The lowest BCUT2D eigenvalue weighted by atomic mass is 9.93. The quantitative estimate of drug-likeness (QED) is 0.565. The minimum Gasteiger partial charge on any atom is -0.361 e. The summed E-state index contributed by atoms with van der Waals surface area (Å²) in [6, 6.07) is 16.8. The van der Waals surface area contributed by atoms with Gasteiger partial charge in [0, 0.05) is 17.1 Å². The van der Waals surface area contributed by atoms with Crippen molar-refractivity contribution in [2.45, 2.75) is 31.7 Å². The molecule has 3 N–H and O–H groups in total. The molecule has 7 heteroatoms. The minimum absolute atomic E-state index is 0.0573. The Morgan fingerprint density at radius 2 is 1.79 bits per heavy atom. The van der Waals surface area contributed by atoms with Gasteiger partial charge in [-0.1, -0.05) is 48.5 Å². The summed E-state index contributed by atoms with van der Waals surface area (Å²) >= 11 is 0. The van der Waals surface area contributed by atoms with Gasteiger partial charge >= 0.3 is 6.03 Å². The number of para-hydroxylation sites is 1. The van der Waals surface area contributed by atoms with Crippen LogP contribution in [0.1, 0.15) is 24.5 Å². The molecular weight excluding hydrogens is 368 g/mol. The van der Waals surface area contributed by atoms with Crippen LogP contribution in [0.5, 0.6) is 0 Å². The molecule has 148 valence electrons. The van der Waals surface area contributed by atoms with Crippen LogP contribution in [0.2, 0.25) is 0 Å². The molecule has 0 radical (unpaired) electrons. The average molecular weight is 390 g/mol. The number of benzene rings is 2. The van der Waals surface area contributed by atoms with Gasteiger partial charge in [-0.25, -0.2) is 4.79 Å². The first-order valence-electron chi connectivity index (χ1n) is 9.51. The molecule has 0 saturated carbocycles. The van der Waals surface area contributed by atoms with E-state index >= 15 is 0 Å². The molecule has 0 aliphatic carbocycles. The molecule has 1 aromatic heterocycles. The molecule has 2 aromatic carbocycles. The number of urea groups is 1. The maximum absolute atomic E-state index is 12.8. The fourth-order valence-corrected chi connectivity index (χ4v) is 3.61. The zero-order chi connectivity index (χ0) is 20.4. The number of nitrogens with zero attached hydrogens (tertiary/aromatic N) is 1. The highest BCUT2D eigenvalue weighted by molar-refractivity contribution is 6.07. The van der Waals surface area contributed by atoms with Crippen LogP contribution < -0.4 is 10.7 Å². The predicted molar refractivity (Wildman–Crippen MR) is 109 cm³/mol. The van der Waals surface area contributed by atoms with Crippen molar-refractivity contribution < 1.29 is 14.4 Å². The number of aromatic amines is 1. The summed E-state index contributed by atoms with van der Waals surface area (Å²) in [7, 11) is 0. The Kier molecular flexibility index (Phi) is 4.80. The largest absolute Gasteiger partial charge is 0.361 e. The molecule has 1 atom stereocenters. The second-order valence-corrected chi connectivity index (χ2v) is 7.46. The highest BCUT2D eigenvalue weighted by Crippen LogP contribution is 2.23. The van der Waals surface area contributed by atoms with Crippen LogP contribution in [0.3, 0.4) is 0 Å². The van der Waals surface area contributed by atoms with E-state index < -0.39 is 23.4 Å². The summed E-state index contributed by atoms with van der Waals surface area (Å²) in [5.41, 5.74) is 4.21. The molecule has 0 bridgehead atoms. The van der Waals surface area contributed by atoms with Gasteiger partial charge in [0.25, 0.3) is 5.91 Å². The number of imide groups is 1. The van der Waals surface area contributed by atoms with Crippen LogP contribution in [0, 0.1) is 0 Å². The van der Waals surface area contributed by atoms with E-state index in [1.54, 1.807) is 13.1 Å². The monoisotopic (exact) mass is 390 g/mol. The standard InChI is InChI=1S/C22H22N4O3/c1-22(12-11-15-7-3-2-4-8-15)20(28)26(21(29)24-22)25-19(27)13-16-14-23-18-10-6-5-9-17(16)18/h2-10,14,23H,11-13H2,1H3,(H,24,29)(H,25,27)/t22-/m1/s1. The van der Waals surface area contributed by atoms with Crippen molar-refractivity contribution in [1.29, 1.82) is 0 Å². The lowest BCUT2D eigenvalue weighted by Gasteiger charge is -2.21. The number of carbonyl (C=O) groups is 3. The zero-order valence-electron chi connectivity index (χ0n) is 16.1. The number of hydrazine groups is 1. The van der Waals surface area contributed by atoms with Crippen molar-refractivity contribution in [3.05, 3.63) is 71.9 Å². The highest BCUT2D eigenvalue weighted by atomic mass is 16.2. The SMILES string of the molecule is C[C@]1(CCc2ccccc2)NC(=O)N(NC(=O)Cc2c[nH]c3ccccc23)C1=O. The Bertz CT molecular complexity index is 1080. The summed E-state index contributed by atoms with van der Waals surface area (Å²) in [6.07, 6.45) is 2.90. The number of hydrogen-bond donors (Lipinski definition) is 3. The molecule has 7 nitrogen and oxygen atoms in total. The van der Waals surface area contributed by atoms with Crippen molar-refractivity contribution in [3.8, 4) is 0 Å². The first-order chi connectivity index (χ1) is 14.0. The molecule has 1 aliphatic rings. The van der Waals surface area contributed by atoms with Gasteiger partial charge in [-0.05, 0) is 37.0 Å². The maximum Gasteiger partial charge on any atom is 0.344 e. The van der Waals surface area contributed by atoms with Crippen molar-refractivity contribution in [3.63, 3.8) is 0 Å². The van der Waals surface area contributed by atoms with Crippen LogP contribution in [-0.2, 0) is 22.4 Å². The number of fused-ring (bicyclic) bond motifs is 1. The molecular formula is C22H22N4O3. The highest BCUT2D eigenvalue weighted by Gasteiger charge is 2.48. The summed E-state index contributed by atoms with van der Waals surface area (Å²) in [6.45, 7) is 1.68. The van der Waals surface area contributed by atoms with Crippen LogP contribution in [0.4, 0.5) is 4.79 Å². The van der Waals surface area contributed by atoms with Gasteiger partial charge in [-0.15, -0.1) is 0 Å². The van der Waals surface area contributed by atoms with Crippen molar-refractivity contribution in [2.24, 2.45) is 0 Å². The van der Waals surface area contributed by atoms with Gasteiger partial charge in [0.05, 0.1) is 6.42 Å². The Morgan fingerprint density at radius 1 is 1.07 bits per heavy atom. The van der Waals surface area contributed by atoms with Crippen molar-refractivity contribution >= 4 is 28.7 Å². The van der Waals surface area contributed by atoms with Crippen LogP contribution in [0.15, 0.2) is 60.8 Å². The molecule has 4 rings (SSSR count). The summed E-state index contributed by atoms with van der Waals surface area (Å²) in [5.74, 6) is -0.878. The zero-order valence-corrected chi connectivity index (χ0v) is 16.1. The van der Waals surface area contributed by atoms with Gasteiger partial charge in [0.15, 0.2) is 0 Å². The molecule has 4 amide bonds. The fourth-order valence-electron chi connectivity index (χ4n) is 3.61. The summed E-state index contributed by atoms with van der Waals surface area (Å²) in [4.78, 5) is 40.8. The maximum atomic E-state index is 12.8. The Hall–Kier alpha value is -3.61. The van der Waals surface area contributed by atoms with Crippen molar-refractivity contribution in [1.82, 2.24) is 20.7 Å². The number of carbonyl (C=O) groups excluding carboxylic acids is 3. The third kappa shape index (κ3) is 3.71. The van der Waals surface area contributed by atoms with Gasteiger partial charge in [-0.2, -0.15) is 5.01 Å². The Labute approximate surface area is 168 Å². The topological polar surface area (TPSA) is 94.3 Å². The second kappa shape index (κ2) is 7.43. The van der Waals surface area contributed by atoms with E-state index in [1.807, 2.05) is 54.6 Å². The second-order valence-electron chi connectivity index (χ2n) is 7.46. The number of amides is 4. The summed E-state index contributed by atoms with van der Waals surface area (Å²) < 4.78 is 0. The lowest BCUT2D eigenvalue weighted by molar-refractivity contribution is -0.138. The number of aryl methyl sites for hydroxylation is 1. The van der Waals surface area contributed by atoms with E-state index in [0.717, 1.165) is 27.0 Å². The number of H-pyrrole nitrogens is 1. The molecule has 1 saturated heterocycles. The molecule has 1 aliphatic heterocycles. The van der Waals surface area contributed by atoms with E-state index in [9.17, 15) is 14.4 Å². The van der Waals surface area contributed by atoms with E-state index in [0.29, 0.717) is 12.8 Å². The molecule has 0 spiro atoms. The van der Waals surface area contributed by atoms with E-state index in [1.165, 1.54) is 0 Å². The smallest absolute Gasteiger partial charge is 0.344 e. The first-order valence-corrected chi connectivity index (χ1v) is 9.51. The van der Waals surface area contributed by atoms with E-state index in [2.05, 4.69) is 15.7 Å². The molecule has 29 heavy (non-hydrogen) atoms. The number of nitrogens with one attached hydrogen (secondary N) is 3. The molecule has 1 fully saturated rings. The van der Waals surface area contributed by atoms with Crippen molar-refractivity contribution in [2.75, 3.05) is 0 Å². The third-order valence-corrected chi connectivity index (χ3v) is 5.28. The lowest BCUT2D eigenvalue weighted by Crippen LogP contribution is -2.49. The molecule has 3 aromatic rings. The predicted octanol–water partition coefficient (Wildman–Crippen LogP) is 2.68.